The number of imidazole rings is 1. The topological polar surface area (TPSA) is 99.9 Å². The average Bonchev–Trinajstić information content (AvgIpc) is 3.36. The minimum absolute atomic E-state index is 0.0109. The fraction of sp³-hybridized carbons (Fsp3) is 0.0556. The lowest BCUT2D eigenvalue weighted by Crippen LogP contribution is -1.96. The molecule has 10 heteroatoms. The summed E-state index contributed by atoms with van der Waals surface area (Å²) in [7, 11) is 0. The number of hydrogen-bond acceptors (Lipinski definition) is 7. The van der Waals surface area contributed by atoms with E-state index in [1.807, 2.05) is 0 Å². The number of hydrogen-bond donors (Lipinski definition) is 0. The molecule has 0 fully saturated rings. The van der Waals surface area contributed by atoms with Crippen molar-refractivity contribution in [2.24, 2.45) is 0 Å². The van der Waals surface area contributed by atoms with Crippen molar-refractivity contribution in [1.82, 2.24) is 19.7 Å². The third-order valence-corrected chi connectivity index (χ3v) is 4.76. The molecule has 0 saturated heterocycles. The van der Waals surface area contributed by atoms with Gasteiger partial charge in [-0.1, -0.05) is 17.8 Å². The van der Waals surface area contributed by atoms with Gasteiger partial charge in [0.25, 0.3) is 5.69 Å². The van der Waals surface area contributed by atoms with Crippen molar-refractivity contribution in [1.29, 1.82) is 0 Å². The molecule has 2 aromatic heterocycles. The van der Waals surface area contributed by atoms with Crippen molar-refractivity contribution in [3.8, 4) is 17.1 Å². The van der Waals surface area contributed by atoms with Crippen LogP contribution in [0.15, 0.2) is 70.5 Å². The molecule has 0 unspecified atom stereocenters. The molecular weight excluding hydrogens is 385 g/mol. The number of non-ortho nitro benzene ring substituents is 1. The maximum atomic E-state index is 13.5. The Hall–Kier alpha value is -3.53. The smallest absolute Gasteiger partial charge is 0.269 e. The van der Waals surface area contributed by atoms with E-state index in [0.717, 1.165) is 0 Å². The summed E-state index contributed by atoms with van der Waals surface area (Å²) >= 11 is 1.37. The molecule has 0 radical (unpaired) electrons. The Morgan fingerprint density at radius 2 is 2.00 bits per heavy atom. The van der Waals surface area contributed by atoms with Gasteiger partial charge in [0.05, 0.1) is 16.4 Å². The predicted molar refractivity (Wildman–Crippen MR) is 99.5 cm³/mol. The largest absolute Gasteiger partial charge is 0.420 e. The number of aromatic nitrogens is 4. The standard InChI is InChI=1S/C18H12FN5O3S/c19-13-2-1-3-15(10-13)23-9-8-20-18(23)28-11-16-21-22-17(27-16)12-4-6-14(7-5-12)24(25)26/h1-10H,11H2. The third kappa shape index (κ3) is 3.76. The Morgan fingerprint density at radius 1 is 1.18 bits per heavy atom. The van der Waals surface area contributed by atoms with E-state index in [2.05, 4.69) is 15.2 Å². The second-order valence-corrected chi connectivity index (χ2v) is 6.60. The first-order valence-electron chi connectivity index (χ1n) is 8.09. The van der Waals surface area contributed by atoms with Gasteiger partial charge in [-0.25, -0.2) is 9.37 Å². The number of nitro benzene ring substituents is 1. The molecule has 2 aromatic carbocycles. The Balaban J connectivity index is 1.47. The van der Waals surface area contributed by atoms with Gasteiger partial charge in [0.2, 0.25) is 11.8 Å². The van der Waals surface area contributed by atoms with Crippen LogP contribution in [-0.4, -0.2) is 24.7 Å². The highest BCUT2D eigenvalue weighted by molar-refractivity contribution is 7.98. The Bertz CT molecular complexity index is 1130. The highest BCUT2D eigenvalue weighted by Gasteiger charge is 2.13. The number of rotatable bonds is 6. The van der Waals surface area contributed by atoms with E-state index < -0.39 is 4.92 Å². The van der Waals surface area contributed by atoms with Crippen LogP contribution in [0.2, 0.25) is 0 Å². The van der Waals surface area contributed by atoms with E-state index in [1.165, 1.54) is 36.0 Å². The molecule has 8 nitrogen and oxygen atoms in total. The van der Waals surface area contributed by atoms with E-state index in [4.69, 9.17) is 4.42 Å². The van der Waals surface area contributed by atoms with Gasteiger partial charge in [0.15, 0.2) is 5.16 Å². The number of nitrogens with zero attached hydrogens (tertiary/aromatic N) is 5. The first-order chi connectivity index (χ1) is 13.6. The molecule has 0 saturated carbocycles. The fourth-order valence-electron chi connectivity index (χ4n) is 2.50. The van der Waals surface area contributed by atoms with Crippen LogP contribution >= 0.6 is 11.8 Å². The summed E-state index contributed by atoms with van der Waals surface area (Å²) in [6.45, 7) is 0. The monoisotopic (exact) mass is 397 g/mol. The van der Waals surface area contributed by atoms with E-state index in [9.17, 15) is 14.5 Å². The van der Waals surface area contributed by atoms with Gasteiger partial charge in [-0.05, 0) is 30.3 Å². The Morgan fingerprint density at radius 3 is 2.75 bits per heavy atom. The molecule has 0 aliphatic heterocycles. The van der Waals surface area contributed by atoms with Gasteiger partial charge in [-0.15, -0.1) is 10.2 Å². The van der Waals surface area contributed by atoms with Gasteiger partial charge < -0.3 is 4.42 Å². The lowest BCUT2D eigenvalue weighted by molar-refractivity contribution is -0.384. The second-order valence-electron chi connectivity index (χ2n) is 5.65. The normalized spacial score (nSPS) is 10.9. The Kier molecular flexibility index (Phi) is 4.85. The van der Waals surface area contributed by atoms with Gasteiger partial charge in [0.1, 0.15) is 5.82 Å². The zero-order chi connectivity index (χ0) is 19.5. The van der Waals surface area contributed by atoms with Crippen LogP contribution < -0.4 is 0 Å². The van der Waals surface area contributed by atoms with Crippen LogP contribution in [-0.2, 0) is 5.75 Å². The molecule has 0 bridgehead atoms. The lowest BCUT2D eigenvalue weighted by Gasteiger charge is -2.06. The van der Waals surface area contributed by atoms with Gasteiger partial charge in [-0.2, -0.15) is 0 Å². The van der Waals surface area contributed by atoms with Crippen molar-refractivity contribution < 1.29 is 13.7 Å². The lowest BCUT2D eigenvalue weighted by atomic mass is 10.2. The molecule has 4 rings (SSSR count). The number of nitro groups is 1. The number of thioether (sulfide) groups is 1. The molecule has 0 aliphatic carbocycles. The fourth-order valence-corrected chi connectivity index (χ4v) is 3.31. The quantitative estimate of drug-likeness (QED) is 0.272. The molecule has 28 heavy (non-hydrogen) atoms. The molecular formula is C18H12FN5O3S. The maximum Gasteiger partial charge on any atom is 0.269 e. The maximum absolute atomic E-state index is 13.5. The van der Waals surface area contributed by atoms with Crippen LogP contribution in [0, 0.1) is 15.9 Å². The SMILES string of the molecule is O=[N+]([O-])c1ccc(-c2nnc(CSc3nccn3-c3cccc(F)c3)o2)cc1. The third-order valence-electron chi connectivity index (χ3n) is 3.81. The van der Waals surface area contributed by atoms with Crippen LogP contribution in [0.3, 0.4) is 0 Å². The predicted octanol–water partition coefficient (Wildman–Crippen LogP) is 4.26. The van der Waals surface area contributed by atoms with Crippen molar-refractivity contribution in [2.45, 2.75) is 10.9 Å². The summed E-state index contributed by atoms with van der Waals surface area (Å²) < 4.78 is 20.9. The summed E-state index contributed by atoms with van der Waals surface area (Å²) in [5.74, 6) is 0.699. The molecule has 0 atom stereocenters. The van der Waals surface area contributed by atoms with Gasteiger partial charge >= 0.3 is 0 Å². The minimum atomic E-state index is -0.472. The van der Waals surface area contributed by atoms with Crippen molar-refractivity contribution in [3.63, 3.8) is 0 Å². The van der Waals surface area contributed by atoms with Crippen LogP contribution in [0.4, 0.5) is 10.1 Å². The highest BCUT2D eigenvalue weighted by atomic mass is 32.2. The number of benzene rings is 2. The second kappa shape index (κ2) is 7.61. The number of halogens is 1. The molecule has 140 valence electrons. The zero-order valence-corrected chi connectivity index (χ0v) is 15.0. The first kappa shape index (κ1) is 17.9. The summed E-state index contributed by atoms with van der Waals surface area (Å²) in [4.78, 5) is 14.5. The van der Waals surface area contributed by atoms with E-state index >= 15 is 0 Å². The van der Waals surface area contributed by atoms with Crippen LogP contribution in [0.25, 0.3) is 17.1 Å². The van der Waals surface area contributed by atoms with Gasteiger partial charge in [0, 0.05) is 30.1 Å². The highest BCUT2D eigenvalue weighted by Crippen LogP contribution is 2.26. The van der Waals surface area contributed by atoms with Crippen molar-refractivity contribution in [2.75, 3.05) is 0 Å². The minimum Gasteiger partial charge on any atom is -0.420 e. The molecule has 4 aromatic rings. The van der Waals surface area contributed by atoms with E-state index in [0.29, 0.717) is 28.1 Å². The zero-order valence-electron chi connectivity index (χ0n) is 14.2. The molecule has 2 heterocycles. The first-order valence-corrected chi connectivity index (χ1v) is 9.08. The Labute approximate surface area is 162 Å². The van der Waals surface area contributed by atoms with E-state index in [1.54, 1.807) is 41.2 Å². The molecule has 0 spiro atoms. The van der Waals surface area contributed by atoms with Crippen LogP contribution in [0.5, 0.6) is 0 Å². The molecule has 0 aliphatic rings. The van der Waals surface area contributed by atoms with Crippen LogP contribution in [0.1, 0.15) is 5.89 Å². The van der Waals surface area contributed by atoms with Gasteiger partial charge in [-0.3, -0.25) is 14.7 Å². The molecule has 0 N–H and O–H groups in total. The molecule has 0 amide bonds. The summed E-state index contributed by atoms with van der Waals surface area (Å²) in [5, 5.41) is 19.3. The van der Waals surface area contributed by atoms with Crippen molar-refractivity contribution >= 4 is 17.4 Å². The summed E-state index contributed by atoms with van der Waals surface area (Å²) in [6, 6.07) is 12.1. The van der Waals surface area contributed by atoms with E-state index in [-0.39, 0.29) is 17.4 Å². The van der Waals surface area contributed by atoms with Crippen molar-refractivity contribution in [3.05, 3.63) is 82.7 Å². The average molecular weight is 397 g/mol. The summed E-state index contributed by atoms with van der Waals surface area (Å²) in [5.41, 5.74) is 1.25. The summed E-state index contributed by atoms with van der Waals surface area (Å²) in [6.07, 6.45) is 3.37.